The molecule has 5 heteroatoms. The number of benzene rings is 1. The lowest BCUT2D eigenvalue weighted by atomic mass is 10.3. The molecule has 0 saturated heterocycles. The van der Waals surface area contributed by atoms with Gasteiger partial charge in [-0.05, 0) is 24.3 Å². The first-order chi connectivity index (χ1) is 6.76. The Morgan fingerprint density at radius 3 is 2.29 bits per heavy atom. The van der Waals surface area contributed by atoms with Gasteiger partial charge in [0.15, 0.2) is 5.75 Å². The van der Waals surface area contributed by atoms with Gasteiger partial charge in [-0.1, -0.05) is 0 Å². The van der Waals surface area contributed by atoms with Gasteiger partial charge in [-0.15, -0.1) is 0 Å². The van der Waals surface area contributed by atoms with Crippen molar-refractivity contribution in [2.45, 2.75) is 6.10 Å². The summed E-state index contributed by atoms with van der Waals surface area (Å²) in [5.74, 6) is 0.554. The molecular weight excluding hydrogens is 191 g/mol. The summed E-state index contributed by atoms with van der Waals surface area (Å²) in [6.07, 6.45) is -0.910. The van der Waals surface area contributed by atoms with Crippen LogP contribution in [0.4, 0.5) is 4.53 Å². The van der Waals surface area contributed by atoms with Gasteiger partial charge in [0.25, 0.3) is 0 Å². The summed E-state index contributed by atoms with van der Waals surface area (Å²) in [5, 5.41) is 17.5. The minimum atomic E-state index is -0.910. The van der Waals surface area contributed by atoms with Crippen molar-refractivity contribution in [3.05, 3.63) is 24.3 Å². The molecule has 4 nitrogen and oxygen atoms in total. The number of ether oxygens (including phenoxy) is 1. The van der Waals surface area contributed by atoms with Gasteiger partial charge in [0.05, 0.1) is 6.61 Å². The first-order valence-corrected chi connectivity index (χ1v) is 4.06. The summed E-state index contributed by atoms with van der Waals surface area (Å²) in [7, 11) is 0. The molecule has 0 heterocycles. The Labute approximate surface area is 80.4 Å². The lowest BCUT2D eigenvalue weighted by molar-refractivity contribution is -0.00631. The fourth-order valence-corrected chi connectivity index (χ4v) is 0.832. The van der Waals surface area contributed by atoms with E-state index in [0.29, 0.717) is 5.75 Å². The Balaban J connectivity index is 2.43. The van der Waals surface area contributed by atoms with Gasteiger partial charge in [-0.2, -0.15) is 0 Å². The lowest BCUT2D eigenvalue weighted by Crippen LogP contribution is -2.21. The van der Waals surface area contributed by atoms with Gasteiger partial charge >= 0.3 is 0 Å². The molecule has 1 aromatic carbocycles. The Morgan fingerprint density at radius 2 is 1.79 bits per heavy atom. The van der Waals surface area contributed by atoms with E-state index in [9.17, 15) is 4.53 Å². The van der Waals surface area contributed by atoms with E-state index < -0.39 is 6.10 Å². The highest BCUT2D eigenvalue weighted by Gasteiger charge is 2.02. The van der Waals surface area contributed by atoms with E-state index in [0.717, 1.165) is 0 Å². The van der Waals surface area contributed by atoms with Crippen molar-refractivity contribution in [3.8, 4) is 11.5 Å². The molecule has 0 radical (unpaired) electrons. The molecule has 0 aliphatic carbocycles. The average molecular weight is 202 g/mol. The molecule has 0 aliphatic heterocycles. The van der Waals surface area contributed by atoms with Crippen LogP contribution in [0.15, 0.2) is 24.3 Å². The zero-order chi connectivity index (χ0) is 10.4. The molecule has 0 fully saturated rings. The monoisotopic (exact) mass is 202 g/mol. The van der Waals surface area contributed by atoms with Gasteiger partial charge in [0.1, 0.15) is 18.5 Å². The molecule has 1 atom stereocenters. The fourth-order valence-electron chi connectivity index (χ4n) is 0.832. The average Bonchev–Trinajstić information content (AvgIpc) is 2.26. The van der Waals surface area contributed by atoms with E-state index in [4.69, 9.17) is 14.9 Å². The zero-order valence-corrected chi connectivity index (χ0v) is 7.39. The third-order valence-electron chi connectivity index (χ3n) is 1.57. The second kappa shape index (κ2) is 5.41. The molecule has 0 aliphatic rings. The summed E-state index contributed by atoms with van der Waals surface area (Å²) in [4.78, 5) is 3.47. The zero-order valence-electron chi connectivity index (χ0n) is 7.39. The van der Waals surface area contributed by atoms with E-state index in [1.807, 2.05) is 0 Å². The first-order valence-electron chi connectivity index (χ1n) is 4.06. The molecule has 0 saturated carbocycles. The van der Waals surface area contributed by atoms with Crippen molar-refractivity contribution in [3.63, 3.8) is 0 Å². The van der Waals surface area contributed by atoms with Crippen LogP contribution < -0.4 is 9.68 Å². The largest absolute Gasteiger partial charge is 0.491 e. The summed E-state index contributed by atoms with van der Waals surface area (Å²) >= 11 is 0. The summed E-state index contributed by atoms with van der Waals surface area (Å²) in [6.45, 7) is -0.363. The molecule has 14 heavy (non-hydrogen) atoms. The van der Waals surface area contributed by atoms with Crippen LogP contribution in [0.25, 0.3) is 0 Å². The summed E-state index contributed by atoms with van der Waals surface area (Å²) in [5.41, 5.74) is 0. The standard InChI is InChI=1S/C9H11FO4/c10-14-9-3-1-8(2-4-9)13-6-7(12)5-11/h1-4,7,11-12H,5-6H2. The molecule has 1 unspecified atom stereocenters. The van der Waals surface area contributed by atoms with Crippen LogP contribution >= 0.6 is 0 Å². The van der Waals surface area contributed by atoms with E-state index in [1.54, 1.807) is 0 Å². The van der Waals surface area contributed by atoms with Gasteiger partial charge in [-0.25, -0.2) is 0 Å². The van der Waals surface area contributed by atoms with Gasteiger partial charge in [-0.3, -0.25) is 4.94 Å². The van der Waals surface area contributed by atoms with Crippen molar-refractivity contribution in [2.75, 3.05) is 13.2 Å². The van der Waals surface area contributed by atoms with Crippen LogP contribution in [0.1, 0.15) is 0 Å². The normalized spacial score (nSPS) is 12.2. The molecule has 1 aromatic rings. The third kappa shape index (κ3) is 3.20. The Bertz CT molecular complexity index is 262. The number of hydrogen-bond donors (Lipinski definition) is 2. The van der Waals surface area contributed by atoms with Crippen molar-refractivity contribution >= 4 is 0 Å². The minimum Gasteiger partial charge on any atom is -0.491 e. The molecule has 2 N–H and O–H groups in total. The first kappa shape index (κ1) is 10.7. The maximum atomic E-state index is 11.6. The van der Waals surface area contributed by atoms with Crippen LogP contribution in [-0.2, 0) is 0 Å². The van der Waals surface area contributed by atoms with Gasteiger partial charge in [0.2, 0.25) is 0 Å². The Hall–Kier alpha value is -1.33. The highest BCUT2D eigenvalue weighted by atomic mass is 19.3. The van der Waals surface area contributed by atoms with Gasteiger partial charge < -0.3 is 14.9 Å². The molecule has 0 aromatic heterocycles. The molecular formula is C9H11FO4. The van der Waals surface area contributed by atoms with Crippen LogP contribution in [0.3, 0.4) is 0 Å². The number of hydrogen-bond acceptors (Lipinski definition) is 4. The maximum Gasteiger partial charge on any atom is 0.172 e. The molecule has 1 rings (SSSR count). The van der Waals surface area contributed by atoms with Crippen LogP contribution in [0.5, 0.6) is 11.5 Å². The van der Waals surface area contributed by atoms with Crippen LogP contribution in [0, 0.1) is 0 Å². The topological polar surface area (TPSA) is 58.9 Å². The predicted molar refractivity (Wildman–Crippen MR) is 46.8 cm³/mol. The Kier molecular flexibility index (Phi) is 4.15. The quantitative estimate of drug-likeness (QED) is 0.737. The van der Waals surface area contributed by atoms with Gasteiger partial charge in [0, 0.05) is 4.53 Å². The second-order valence-corrected chi connectivity index (χ2v) is 2.70. The lowest BCUT2D eigenvalue weighted by Gasteiger charge is -2.09. The third-order valence-corrected chi connectivity index (χ3v) is 1.57. The van der Waals surface area contributed by atoms with Crippen LogP contribution in [0.2, 0.25) is 0 Å². The summed E-state index contributed by atoms with van der Waals surface area (Å²) < 4.78 is 16.7. The van der Waals surface area contributed by atoms with Crippen LogP contribution in [-0.4, -0.2) is 29.5 Å². The number of rotatable bonds is 5. The summed E-state index contributed by atoms with van der Waals surface area (Å²) in [6, 6.07) is 5.78. The Morgan fingerprint density at radius 1 is 1.21 bits per heavy atom. The fraction of sp³-hybridized carbons (Fsp3) is 0.333. The smallest absolute Gasteiger partial charge is 0.172 e. The second-order valence-electron chi connectivity index (χ2n) is 2.70. The van der Waals surface area contributed by atoms with E-state index in [1.165, 1.54) is 24.3 Å². The highest BCUT2D eigenvalue weighted by Crippen LogP contribution is 2.17. The predicted octanol–water partition coefficient (Wildman–Crippen LogP) is 0.682. The SMILES string of the molecule is OCC(O)COc1ccc(OF)cc1. The molecule has 0 spiro atoms. The number of halogens is 1. The van der Waals surface area contributed by atoms with E-state index >= 15 is 0 Å². The maximum absolute atomic E-state index is 11.6. The van der Waals surface area contributed by atoms with E-state index in [2.05, 4.69) is 4.94 Å². The van der Waals surface area contributed by atoms with Crippen molar-refractivity contribution in [1.29, 1.82) is 0 Å². The number of aliphatic hydroxyl groups excluding tert-OH is 2. The minimum absolute atomic E-state index is 0.00761. The molecule has 0 amide bonds. The van der Waals surface area contributed by atoms with Crippen molar-refractivity contribution in [1.82, 2.24) is 0 Å². The highest BCUT2D eigenvalue weighted by molar-refractivity contribution is 5.30. The molecule has 0 bridgehead atoms. The van der Waals surface area contributed by atoms with E-state index in [-0.39, 0.29) is 19.0 Å². The molecule has 78 valence electrons. The van der Waals surface area contributed by atoms with Crippen molar-refractivity contribution in [2.24, 2.45) is 0 Å². The van der Waals surface area contributed by atoms with Crippen molar-refractivity contribution < 1.29 is 24.4 Å². The number of aliphatic hydroxyl groups is 2.